The SMILES string of the molecule is C[Si](C)(C)c1cc2cc3c(cc2cc1[Si](C)(C)C)C1O[C@H]1c1cc2cc([Si](C)(C)C)c([Si](C)(C)C)cc2cc1C3O. The molecule has 1 saturated heterocycles. The maximum atomic E-state index is 12.1. The van der Waals surface area contributed by atoms with Gasteiger partial charge in [0.15, 0.2) is 0 Å². The van der Waals surface area contributed by atoms with E-state index in [0.29, 0.717) is 0 Å². The van der Waals surface area contributed by atoms with Crippen LogP contribution in [-0.4, -0.2) is 37.4 Å². The normalized spacial score (nSPS) is 21.0. The van der Waals surface area contributed by atoms with Gasteiger partial charge in [0.05, 0.1) is 32.3 Å². The summed E-state index contributed by atoms with van der Waals surface area (Å²) in [4.78, 5) is 0. The molecule has 3 atom stereocenters. The molecule has 4 aromatic carbocycles. The first kappa shape index (κ1) is 29.3. The molecule has 0 saturated carbocycles. The monoisotopic (exact) mass is 612 g/mol. The summed E-state index contributed by atoms with van der Waals surface area (Å²) in [5.74, 6) is 0. The predicted octanol–water partition coefficient (Wildman–Crippen LogP) is 7.38. The second-order valence-electron chi connectivity index (χ2n) is 16.8. The van der Waals surface area contributed by atoms with Crippen molar-refractivity contribution in [1.82, 2.24) is 0 Å². The quantitative estimate of drug-likeness (QED) is 0.193. The van der Waals surface area contributed by atoms with E-state index in [1.165, 1.54) is 32.7 Å². The highest BCUT2D eigenvalue weighted by molar-refractivity contribution is 6.99. The van der Waals surface area contributed by atoms with Crippen LogP contribution in [0.4, 0.5) is 0 Å². The first-order chi connectivity index (χ1) is 18.7. The highest BCUT2D eigenvalue weighted by Crippen LogP contribution is 2.58. The maximum Gasteiger partial charge on any atom is 0.114 e. The van der Waals surface area contributed by atoms with Gasteiger partial charge in [0, 0.05) is 0 Å². The third-order valence-corrected chi connectivity index (χ3v) is 17.9. The van der Waals surface area contributed by atoms with E-state index in [0.717, 1.165) is 11.1 Å². The standard InChI is InChI=1S/C35H48O2Si4/c1-38(2,3)29-17-21-13-25-27(15-23(21)19-31(29)40(7,8)9)34-35(37-34)28-16-24-20-32(41(10,11)12)30(39(4,5)6)18-22(24)14-26(28)33(25)36/h13-20,33-36H,1-12H3/t33?,34-,35?/m0/s1. The number of benzene rings is 4. The van der Waals surface area contributed by atoms with Crippen LogP contribution in [-0.2, 0) is 4.74 Å². The van der Waals surface area contributed by atoms with E-state index >= 15 is 0 Å². The minimum absolute atomic E-state index is 0.0208. The second kappa shape index (κ2) is 9.10. The summed E-state index contributed by atoms with van der Waals surface area (Å²) < 4.78 is 6.43. The minimum Gasteiger partial charge on any atom is -0.384 e. The average molecular weight is 613 g/mol. The molecule has 1 N–H and O–H groups in total. The summed E-state index contributed by atoms with van der Waals surface area (Å²) in [6, 6.07) is 19.2. The second-order valence-corrected chi connectivity index (χ2v) is 37.0. The fourth-order valence-electron chi connectivity index (χ4n) is 6.97. The summed E-state index contributed by atoms with van der Waals surface area (Å²) >= 11 is 0. The molecule has 1 aliphatic heterocycles. The third kappa shape index (κ3) is 4.98. The Morgan fingerprint density at radius 1 is 0.415 bits per heavy atom. The van der Waals surface area contributed by atoms with Crippen molar-refractivity contribution in [3.63, 3.8) is 0 Å². The number of aliphatic hydroxyl groups excluding tert-OH is 1. The van der Waals surface area contributed by atoms with Gasteiger partial charge >= 0.3 is 0 Å². The number of hydrogen-bond donors (Lipinski definition) is 1. The molecule has 0 bridgehead atoms. The van der Waals surface area contributed by atoms with Gasteiger partial charge in [-0.2, -0.15) is 0 Å². The molecule has 1 heterocycles. The number of rotatable bonds is 4. The van der Waals surface area contributed by atoms with E-state index in [9.17, 15) is 5.11 Å². The summed E-state index contributed by atoms with van der Waals surface area (Å²) in [6.07, 6.45) is -0.607. The fourth-order valence-corrected chi connectivity index (χ4v) is 17.3. The predicted molar refractivity (Wildman–Crippen MR) is 190 cm³/mol. The van der Waals surface area contributed by atoms with Gasteiger partial charge in [0.1, 0.15) is 18.3 Å². The van der Waals surface area contributed by atoms with E-state index in [-0.39, 0.29) is 12.2 Å². The Morgan fingerprint density at radius 2 is 0.659 bits per heavy atom. The largest absolute Gasteiger partial charge is 0.384 e. The highest BCUT2D eigenvalue weighted by Gasteiger charge is 2.48. The van der Waals surface area contributed by atoms with Crippen molar-refractivity contribution in [2.24, 2.45) is 0 Å². The van der Waals surface area contributed by atoms with E-state index < -0.39 is 38.4 Å². The molecule has 2 nitrogen and oxygen atoms in total. The lowest BCUT2D eigenvalue weighted by Gasteiger charge is -2.29. The Kier molecular flexibility index (Phi) is 6.49. The molecule has 0 amide bonds. The zero-order chi connectivity index (χ0) is 30.0. The summed E-state index contributed by atoms with van der Waals surface area (Å²) in [7, 11) is -6.15. The Morgan fingerprint density at radius 3 is 0.902 bits per heavy atom. The van der Waals surface area contributed by atoms with Crippen LogP contribution in [0.25, 0.3) is 21.5 Å². The summed E-state index contributed by atoms with van der Waals surface area (Å²) in [6.45, 7) is 29.6. The summed E-state index contributed by atoms with van der Waals surface area (Å²) in [5.41, 5.74) is 4.38. The average Bonchev–Trinajstić information content (AvgIpc) is 3.64. The number of fused-ring (bicyclic) bond motifs is 7. The topological polar surface area (TPSA) is 32.8 Å². The third-order valence-electron chi connectivity index (χ3n) is 9.28. The smallest absolute Gasteiger partial charge is 0.114 e. The maximum absolute atomic E-state index is 12.1. The lowest BCUT2D eigenvalue weighted by Crippen LogP contribution is -2.56. The molecule has 6 heteroatoms. The van der Waals surface area contributed by atoms with Crippen molar-refractivity contribution < 1.29 is 9.84 Å². The van der Waals surface area contributed by atoms with Crippen molar-refractivity contribution in [3.05, 3.63) is 70.8 Å². The van der Waals surface area contributed by atoms with Gasteiger partial charge in [-0.15, -0.1) is 0 Å². The van der Waals surface area contributed by atoms with Crippen LogP contribution >= 0.6 is 0 Å². The van der Waals surface area contributed by atoms with Crippen LogP contribution in [0.15, 0.2) is 48.5 Å². The van der Waals surface area contributed by atoms with E-state index in [1.54, 1.807) is 20.7 Å². The lowest BCUT2D eigenvalue weighted by molar-refractivity contribution is 0.215. The molecule has 0 radical (unpaired) electrons. The summed E-state index contributed by atoms with van der Waals surface area (Å²) in [5, 5.41) is 23.5. The molecule has 4 aromatic rings. The van der Waals surface area contributed by atoms with Gasteiger partial charge in [-0.3, -0.25) is 0 Å². The van der Waals surface area contributed by atoms with Crippen molar-refractivity contribution >= 4 is 74.6 Å². The van der Waals surface area contributed by atoms with Crippen LogP contribution in [0.3, 0.4) is 0 Å². The van der Waals surface area contributed by atoms with Gasteiger partial charge in [-0.25, -0.2) is 0 Å². The first-order valence-electron chi connectivity index (χ1n) is 15.3. The van der Waals surface area contributed by atoms with Gasteiger partial charge in [0.25, 0.3) is 0 Å². The van der Waals surface area contributed by atoms with E-state index in [2.05, 4.69) is 127 Å². The lowest BCUT2D eigenvalue weighted by atomic mass is 9.92. The number of ether oxygens (including phenoxy) is 1. The van der Waals surface area contributed by atoms with Crippen LogP contribution < -0.4 is 20.7 Å². The van der Waals surface area contributed by atoms with Crippen LogP contribution in [0.2, 0.25) is 78.6 Å². The zero-order valence-electron chi connectivity index (χ0n) is 27.2. The van der Waals surface area contributed by atoms with Gasteiger partial charge in [-0.05, 0) is 68.1 Å². The fraction of sp³-hybridized carbons (Fsp3) is 0.429. The van der Waals surface area contributed by atoms with Crippen LogP contribution in [0.5, 0.6) is 0 Å². The molecule has 1 aliphatic carbocycles. The van der Waals surface area contributed by atoms with Crippen LogP contribution in [0.1, 0.15) is 40.6 Å². The van der Waals surface area contributed by atoms with Gasteiger partial charge in [0.2, 0.25) is 0 Å². The van der Waals surface area contributed by atoms with Crippen molar-refractivity contribution in [2.45, 2.75) is 96.9 Å². The molecule has 216 valence electrons. The Labute approximate surface area is 251 Å². The highest BCUT2D eigenvalue weighted by atomic mass is 28.3. The molecule has 2 aliphatic rings. The number of hydrogen-bond acceptors (Lipinski definition) is 2. The molecule has 0 aromatic heterocycles. The Hall–Kier alpha value is -1.81. The molecule has 2 unspecified atom stereocenters. The van der Waals surface area contributed by atoms with Crippen molar-refractivity contribution in [2.75, 3.05) is 0 Å². The van der Waals surface area contributed by atoms with E-state index in [4.69, 9.17) is 4.74 Å². The Bertz CT molecular complexity index is 1600. The van der Waals surface area contributed by atoms with Gasteiger partial charge in [-0.1, -0.05) is 124 Å². The van der Waals surface area contributed by atoms with E-state index in [1.807, 2.05) is 0 Å². The molecular weight excluding hydrogens is 565 g/mol. The molecule has 41 heavy (non-hydrogen) atoms. The first-order valence-corrected chi connectivity index (χ1v) is 29.3. The van der Waals surface area contributed by atoms with Gasteiger partial charge < -0.3 is 9.84 Å². The molecule has 6 rings (SSSR count). The van der Waals surface area contributed by atoms with Crippen molar-refractivity contribution in [1.29, 1.82) is 0 Å². The minimum atomic E-state index is -1.55. The van der Waals surface area contributed by atoms with Crippen LogP contribution in [0, 0.1) is 0 Å². The molecule has 0 spiro atoms. The number of aliphatic hydroxyl groups is 1. The Balaban J connectivity index is 1.57. The molecule has 1 fully saturated rings. The van der Waals surface area contributed by atoms with Crippen molar-refractivity contribution in [3.8, 4) is 0 Å². The molecular formula is C35H48O2Si4. The zero-order valence-corrected chi connectivity index (χ0v) is 31.2. The number of epoxide rings is 1.